The molecule has 2 aromatic rings. The van der Waals surface area contributed by atoms with Gasteiger partial charge in [-0.05, 0) is 55.8 Å². The summed E-state index contributed by atoms with van der Waals surface area (Å²) in [6.45, 7) is 7.25. The Bertz CT molecular complexity index is 1000. The SMILES string of the molecule is Cc1nc(NC(=O)NC(=O)C(C)C)ccc1OC1=CC(C)(c2ccncc2)NC=C1. The number of urea groups is 1. The number of allylic oxidation sites excluding steroid dienone is 1. The molecule has 30 heavy (non-hydrogen) atoms. The van der Waals surface area contributed by atoms with Gasteiger partial charge in [0.1, 0.15) is 17.3 Å². The first kappa shape index (κ1) is 21.0. The fourth-order valence-electron chi connectivity index (χ4n) is 2.86. The minimum atomic E-state index is -0.619. The van der Waals surface area contributed by atoms with E-state index >= 15 is 0 Å². The Labute approximate surface area is 175 Å². The normalized spacial score (nSPS) is 17.7. The number of hydrogen-bond acceptors (Lipinski definition) is 6. The molecule has 0 aromatic carbocycles. The van der Waals surface area contributed by atoms with Crippen LogP contribution < -0.4 is 20.7 Å². The second kappa shape index (κ2) is 8.77. The smallest absolute Gasteiger partial charge is 0.327 e. The highest BCUT2D eigenvalue weighted by Crippen LogP contribution is 2.28. The molecule has 0 radical (unpaired) electrons. The van der Waals surface area contributed by atoms with Crippen molar-refractivity contribution in [3.8, 4) is 5.75 Å². The van der Waals surface area contributed by atoms with Gasteiger partial charge >= 0.3 is 6.03 Å². The lowest BCUT2D eigenvalue weighted by Crippen LogP contribution is -2.37. The van der Waals surface area contributed by atoms with E-state index in [0.29, 0.717) is 23.0 Å². The third-order valence-corrected chi connectivity index (χ3v) is 4.61. The maximum absolute atomic E-state index is 11.9. The summed E-state index contributed by atoms with van der Waals surface area (Å²) in [7, 11) is 0. The molecule has 156 valence electrons. The number of hydrogen-bond donors (Lipinski definition) is 3. The van der Waals surface area contributed by atoms with Gasteiger partial charge in [-0.25, -0.2) is 9.78 Å². The molecule has 1 aliphatic heterocycles. The molecule has 1 aliphatic rings. The van der Waals surface area contributed by atoms with E-state index in [0.717, 1.165) is 5.56 Å². The van der Waals surface area contributed by atoms with Crippen LogP contribution in [0.2, 0.25) is 0 Å². The first-order valence-electron chi connectivity index (χ1n) is 9.62. The number of nitrogens with one attached hydrogen (secondary N) is 3. The topological polar surface area (TPSA) is 105 Å². The molecule has 3 amide bonds. The van der Waals surface area contributed by atoms with Crippen molar-refractivity contribution in [2.45, 2.75) is 33.2 Å². The molecular formula is C22H25N5O3. The number of rotatable bonds is 5. The summed E-state index contributed by atoms with van der Waals surface area (Å²) in [4.78, 5) is 31.9. The van der Waals surface area contributed by atoms with Gasteiger partial charge in [-0.3, -0.25) is 20.4 Å². The summed E-state index contributed by atoms with van der Waals surface area (Å²) >= 11 is 0. The molecular weight excluding hydrogens is 382 g/mol. The van der Waals surface area contributed by atoms with Crippen LogP contribution in [0.5, 0.6) is 5.75 Å². The average molecular weight is 407 g/mol. The van der Waals surface area contributed by atoms with Crippen LogP contribution in [0.1, 0.15) is 32.0 Å². The van der Waals surface area contributed by atoms with Crippen molar-refractivity contribution in [1.29, 1.82) is 0 Å². The summed E-state index contributed by atoms with van der Waals surface area (Å²) in [5, 5.41) is 8.15. The Kier molecular flexibility index (Phi) is 6.15. The molecule has 3 rings (SSSR count). The number of carbonyl (C=O) groups excluding carboxylic acids is 2. The van der Waals surface area contributed by atoms with Crippen molar-refractivity contribution in [3.05, 3.63) is 72.0 Å². The molecule has 0 aliphatic carbocycles. The van der Waals surface area contributed by atoms with Crippen molar-refractivity contribution < 1.29 is 14.3 Å². The van der Waals surface area contributed by atoms with Crippen LogP contribution in [0.15, 0.2) is 60.8 Å². The Morgan fingerprint density at radius 3 is 2.57 bits per heavy atom. The van der Waals surface area contributed by atoms with Gasteiger partial charge < -0.3 is 10.1 Å². The lowest BCUT2D eigenvalue weighted by atomic mass is 9.90. The molecule has 3 N–H and O–H groups in total. The van der Waals surface area contributed by atoms with Crippen LogP contribution in [-0.2, 0) is 10.3 Å². The largest absolute Gasteiger partial charge is 0.456 e. The third kappa shape index (κ3) is 5.02. The summed E-state index contributed by atoms with van der Waals surface area (Å²) in [5.74, 6) is 0.912. The predicted octanol–water partition coefficient (Wildman–Crippen LogP) is 3.38. The number of nitrogens with zero attached hydrogens (tertiary/aromatic N) is 2. The van der Waals surface area contributed by atoms with E-state index < -0.39 is 11.6 Å². The van der Waals surface area contributed by atoms with Crippen LogP contribution >= 0.6 is 0 Å². The van der Waals surface area contributed by atoms with Gasteiger partial charge in [0.25, 0.3) is 0 Å². The number of ether oxygens (including phenoxy) is 1. The van der Waals surface area contributed by atoms with Gasteiger partial charge in [-0.2, -0.15) is 0 Å². The zero-order chi connectivity index (χ0) is 21.7. The molecule has 0 fully saturated rings. The first-order chi connectivity index (χ1) is 14.3. The van der Waals surface area contributed by atoms with Crippen LogP contribution in [0.4, 0.5) is 10.6 Å². The van der Waals surface area contributed by atoms with Crippen molar-refractivity contribution in [2.24, 2.45) is 5.92 Å². The number of imide groups is 1. The zero-order valence-electron chi connectivity index (χ0n) is 17.4. The number of aryl methyl sites for hydroxylation is 1. The van der Waals surface area contributed by atoms with E-state index in [2.05, 4.69) is 25.9 Å². The predicted molar refractivity (Wildman–Crippen MR) is 114 cm³/mol. The molecule has 0 bridgehead atoms. The Balaban J connectivity index is 1.71. The fraction of sp³-hybridized carbons (Fsp3) is 0.273. The number of amides is 3. The van der Waals surface area contributed by atoms with Crippen molar-refractivity contribution in [1.82, 2.24) is 20.6 Å². The lowest BCUT2D eigenvalue weighted by Gasteiger charge is -2.30. The summed E-state index contributed by atoms with van der Waals surface area (Å²) < 4.78 is 6.03. The molecule has 0 spiro atoms. The van der Waals surface area contributed by atoms with E-state index in [4.69, 9.17) is 4.74 Å². The third-order valence-electron chi connectivity index (χ3n) is 4.61. The summed E-state index contributed by atoms with van der Waals surface area (Å²) in [6, 6.07) is 6.62. The van der Waals surface area contributed by atoms with E-state index in [1.807, 2.05) is 37.4 Å². The number of carbonyl (C=O) groups is 2. The molecule has 8 nitrogen and oxygen atoms in total. The van der Waals surface area contributed by atoms with E-state index in [1.54, 1.807) is 45.3 Å². The molecule has 0 saturated carbocycles. The number of pyridine rings is 2. The van der Waals surface area contributed by atoms with Gasteiger partial charge in [0.15, 0.2) is 0 Å². The molecule has 1 unspecified atom stereocenters. The van der Waals surface area contributed by atoms with Gasteiger partial charge in [0, 0.05) is 24.5 Å². The number of dihydropyridines is 1. The monoisotopic (exact) mass is 407 g/mol. The van der Waals surface area contributed by atoms with Crippen LogP contribution in [0, 0.1) is 12.8 Å². The van der Waals surface area contributed by atoms with Gasteiger partial charge in [0.05, 0.1) is 11.2 Å². The molecule has 3 heterocycles. The Hall–Kier alpha value is -3.68. The average Bonchev–Trinajstić information content (AvgIpc) is 2.70. The fourth-order valence-corrected chi connectivity index (χ4v) is 2.86. The summed E-state index contributed by atoms with van der Waals surface area (Å²) in [5.41, 5.74) is 1.22. The molecule has 8 heteroatoms. The highest BCUT2D eigenvalue weighted by Gasteiger charge is 2.26. The van der Waals surface area contributed by atoms with Crippen LogP contribution in [0.25, 0.3) is 0 Å². The van der Waals surface area contributed by atoms with E-state index in [1.165, 1.54) is 0 Å². The molecule has 1 atom stereocenters. The highest BCUT2D eigenvalue weighted by atomic mass is 16.5. The highest BCUT2D eigenvalue weighted by molar-refractivity contribution is 6.01. The zero-order valence-corrected chi connectivity index (χ0v) is 17.4. The summed E-state index contributed by atoms with van der Waals surface area (Å²) in [6.07, 6.45) is 9.15. The molecule has 2 aromatic heterocycles. The minimum Gasteiger partial charge on any atom is -0.456 e. The van der Waals surface area contributed by atoms with Gasteiger partial charge in [-0.1, -0.05) is 13.8 Å². The maximum atomic E-state index is 11.9. The van der Waals surface area contributed by atoms with Crippen LogP contribution in [0.3, 0.4) is 0 Å². The van der Waals surface area contributed by atoms with Crippen molar-refractivity contribution in [3.63, 3.8) is 0 Å². The van der Waals surface area contributed by atoms with Gasteiger partial charge in [0.2, 0.25) is 5.91 Å². The van der Waals surface area contributed by atoms with Crippen molar-refractivity contribution >= 4 is 17.8 Å². The van der Waals surface area contributed by atoms with Crippen LogP contribution in [-0.4, -0.2) is 21.9 Å². The first-order valence-corrected chi connectivity index (χ1v) is 9.62. The second-order valence-corrected chi connectivity index (χ2v) is 7.44. The lowest BCUT2D eigenvalue weighted by molar-refractivity contribution is -0.122. The van der Waals surface area contributed by atoms with E-state index in [-0.39, 0.29) is 11.8 Å². The standard InChI is InChI=1S/C22H25N5O3/c1-14(2)20(28)27-21(29)26-19-6-5-18(15(3)25-19)30-17-9-12-24-22(4,13-17)16-7-10-23-11-8-16/h5-14,24H,1-4H3,(H2,25,26,27,28,29). The minimum absolute atomic E-state index is 0.287. The Morgan fingerprint density at radius 1 is 1.17 bits per heavy atom. The molecule has 0 saturated heterocycles. The Morgan fingerprint density at radius 2 is 1.90 bits per heavy atom. The quantitative estimate of drug-likeness (QED) is 0.702. The maximum Gasteiger partial charge on any atom is 0.327 e. The van der Waals surface area contributed by atoms with Gasteiger partial charge in [-0.15, -0.1) is 0 Å². The number of aromatic nitrogens is 2. The van der Waals surface area contributed by atoms with Crippen molar-refractivity contribution in [2.75, 3.05) is 5.32 Å². The van der Waals surface area contributed by atoms with E-state index in [9.17, 15) is 9.59 Å². The second-order valence-electron chi connectivity index (χ2n) is 7.44. The number of anilines is 1.